The molecule has 39 heavy (non-hydrogen) atoms. The van der Waals surface area contributed by atoms with E-state index in [0.29, 0.717) is 38.2 Å². The van der Waals surface area contributed by atoms with Gasteiger partial charge in [0.2, 0.25) is 0 Å². The van der Waals surface area contributed by atoms with Crippen LogP contribution < -0.4 is 0 Å². The van der Waals surface area contributed by atoms with E-state index in [9.17, 15) is 35.9 Å². The number of likely N-dealkylation sites (N-methyl/N-ethyl adjacent to an activating group) is 1. The number of ether oxygens (including phenoxy) is 2. The number of benzene rings is 1. The van der Waals surface area contributed by atoms with Crippen molar-refractivity contribution in [2.75, 3.05) is 33.3 Å². The Morgan fingerprint density at radius 2 is 1.69 bits per heavy atom. The van der Waals surface area contributed by atoms with E-state index in [-0.39, 0.29) is 16.9 Å². The van der Waals surface area contributed by atoms with Crippen LogP contribution in [0.2, 0.25) is 5.02 Å². The molecule has 1 atom stereocenters. The maximum absolute atomic E-state index is 13.2. The molecule has 7 nitrogen and oxygen atoms in total. The standard InChI is InChI=1S/C25H26ClF6N3O4/c1-15(36)19-5-6-20-23(33(2)11-12-35(19)20)7-9-34(10-8-23)21(37)16-3-4-17(18(26)13-16)22(39-25(30,31)32)38-14-24(27,28)29/h3-6,13,22H,7-12,14H2,1-2H3. The monoisotopic (exact) mass is 581 g/mol. The Kier molecular flexibility index (Phi) is 8.10. The molecule has 2 aromatic rings. The highest BCUT2D eigenvalue weighted by atomic mass is 35.5. The highest BCUT2D eigenvalue weighted by Crippen LogP contribution is 2.42. The molecule has 0 N–H and O–H groups in total. The maximum Gasteiger partial charge on any atom is 0.525 e. The van der Waals surface area contributed by atoms with Crippen molar-refractivity contribution < 1.29 is 45.4 Å². The third-order valence-electron chi connectivity index (χ3n) is 7.23. The average molecular weight is 582 g/mol. The lowest BCUT2D eigenvalue weighted by Gasteiger charge is -2.50. The van der Waals surface area contributed by atoms with Crippen molar-refractivity contribution in [3.63, 3.8) is 0 Å². The summed E-state index contributed by atoms with van der Waals surface area (Å²) in [5.74, 6) is -0.457. The van der Waals surface area contributed by atoms with Crippen LogP contribution in [-0.2, 0) is 21.6 Å². The predicted octanol–water partition coefficient (Wildman–Crippen LogP) is 5.53. The van der Waals surface area contributed by atoms with Crippen LogP contribution in [0.5, 0.6) is 0 Å². The van der Waals surface area contributed by atoms with E-state index in [2.05, 4.69) is 14.4 Å². The van der Waals surface area contributed by atoms with Crippen LogP contribution >= 0.6 is 11.6 Å². The van der Waals surface area contributed by atoms with Gasteiger partial charge in [0, 0.05) is 54.9 Å². The van der Waals surface area contributed by atoms with E-state index < -0.39 is 41.9 Å². The molecule has 2 aliphatic rings. The number of halogens is 7. The molecule has 1 fully saturated rings. The molecule has 214 valence electrons. The van der Waals surface area contributed by atoms with Crippen molar-refractivity contribution in [3.05, 3.63) is 57.9 Å². The molecule has 0 radical (unpaired) electrons. The molecule has 4 rings (SSSR count). The largest absolute Gasteiger partial charge is 0.525 e. The number of rotatable bonds is 6. The number of amides is 1. The average Bonchev–Trinajstić information content (AvgIpc) is 3.29. The van der Waals surface area contributed by atoms with Crippen LogP contribution in [0.3, 0.4) is 0 Å². The highest BCUT2D eigenvalue weighted by Gasteiger charge is 2.45. The fraction of sp³-hybridized carbons (Fsp3) is 0.520. The molecule has 1 spiro atoms. The lowest BCUT2D eigenvalue weighted by atomic mass is 9.81. The first-order chi connectivity index (χ1) is 18.1. The van der Waals surface area contributed by atoms with Gasteiger partial charge in [0.1, 0.15) is 6.61 Å². The van der Waals surface area contributed by atoms with Crippen LogP contribution in [0.25, 0.3) is 0 Å². The number of hydrogen-bond acceptors (Lipinski definition) is 5. The second-order valence-electron chi connectivity index (χ2n) is 9.61. The second-order valence-corrected chi connectivity index (χ2v) is 10.0. The lowest BCUT2D eigenvalue weighted by Crippen LogP contribution is -2.56. The summed E-state index contributed by atoms with van der Waals surface area (Å²) in [5.41, 5.74) is 0.828. The molecule has 0 aliphatic carbocycles. The summed E-state index contributed by atoms with van der Waals surface area (Å²) in [4.78, 5) is 29.1. The predicted molar refractivity (Wildman–Crippen MR) is 127 cm³/mol. The molecular weight excluding hydrogens is 556 g/mol. The first-order valence-electron chi connectivity index (χ1n) is 12.0. The number of aromatic nitrogens is 1. The zero-order chi connectivity index (χ0) is 28.8. The zero-order valence-corrected chi connectivity index (χ0v) is 21.8. The summed E-state index contributed by atoms with van der Waals surface area (Å²) in [6.45, 7) is 1.64. The number of Topliss-reactive ketones (excluding diaryl/α,β-unsaturated/α-hetero) is 1. The SMILES string of the molecule is CC(=O)c1ccc2n1CCN(C)C21CCN(C(=O)c2ccc(C(OCC(F)(F)F)OC(F)(F)F)c(Cl)c2)CC1. The summed E-state index contributed by atoms with van der Waals surface area (Å²) >= 11 is 6.09. The number of carbonyl (C=O) groups is 2. The molecule has 1 unspecified atom stereocenters. The molecule has 1 aromatic heterocycles. The molecule has 2 aliphatic heterocycles. The molecule has 0 saturated carbocycles. The quantitative estimate of drug-likeness (QED) is 0.255. The Labute approximate surface area is 225 Å². The Morgan fingerprint density at radius 1 is 1.03 bits per heavy atom. The summed E-state index contributed by atoms with van der Waals surface area (Å²) in [5, 5.41) is -0.410. The Balaban J connectivity index is 1.50. The number of piperidine rings is 1. The molecular formula is C25H26ClF6N3O4. The third-order valence-corrected chi connectivity index (χ3v) is 7.55. The van der Waals surface area contributed by atoms with Gasteiger partial charge in [-0.15, -0.1) is 13.2 Å². The minimum Gasteiger partial charge on any atom is -0.339 e. The van der Waals surface area contributed by atoms with Crippen molar-refractivity contribution in [2.45, 2.75) is 50.7 Å². The Morgan fingerprint density at radius 3 is 2.26 bits per heavy atom. The number of hydrogen-bond donors (Lipinski definition) is 0. The van der Waals surface area contributed by atoms with E-state index >= 15 is 0 Å². The molecule has 3 heterocycles. The van der Waals surface area contributed by atoms with E-state index in [1.54, 1.807) is 4.90 Å². The van der Waals surface area contributed by atoms with Gasteiger partial charge >= 0.3 is 12.5 Å². The summed E-state index contributed by atoms with van der Waals surface area (Å²) in [6, 6.07) is 7.01. The van der Waals surface area contributed by atoms with Gasteiger partial charge in [-0.1, -0.05) is 17.7 Å². The normalized spacial score (nSPS) is 18.7. The van der Waals surface area contributed by atoms with Crippen LogP contribution in [0.1, 0.15) is 58.2 Å². The van der Waals surface area contributed by atoms with Gasteiger partial charge in [-0.3, -0.25) is 19.2 Å². The number of likely N-dealkylation sites (tertiary alicyclic amines) is 1. The van der Waals surface area contributed by atoms with Crippen LogP contribution in [0.4, 0.5) is 26.3 Å². The second kappa shape index (κ2) is 10.8. The van der Waals surface area contributed by atoms with Gasteiger partial charge in [0.05, 0.1) is 11.2 Å². The third kappa shape index (κ3) is 6.26. The van der Waals surface area contributed by atoms with Crippen LogP contribution in [-0.4, -0.2) is 71.9 Å². The van der Waals surface area contributed by atoms with Gasteiger partial charge in [-0.2, -0.15) is 13.2 Å². The van der Waals surface area contributed by atoms with Crippen molar-refractivity contribution in [1.29, 1.82) is 0 Å². The maximum atomic E-state index is 13.2. The Hall–Kier alpha value is -2.61. The summed E-state index contributed by atoms with van der Waals surface area (Å²) < 4.78 is 86.1. The number of fused-ring (bicyclic) bond motifs is 2. The summed E-state index contributed by atoms with van der Waals surface area (Å²) in [6.07, 6.45) is -11.5. The lowest BCUT2D eigenvalue weighted by molar-refractivity contribution is -0.389. The van der Waals surface area contributed by atoms with Gasteiger partial charge in [-0.25, -0.2) is 0 Å². The Bertz CT molecular complexity index is 1240. The number of carbonyl (C=O) groups excluding carboxylic acids is 2. The molecule has 1 aromatic carbocycles. The molecule has 0 bridgehead atoms. The van der Waals surface area contributed by atoms with E-state index in [0.717, 1.165) is 24.4 Å². The highest BCUT2D eigenvalue weighted by molar-refractivity contribution is 6.31. The first kappa shape index (κ1) is 29.4. The van der Waals surface area contributed by atoms with Gasteiger partial charge in [0.25, 0.3) is 5.91 Å². The number of alkyl halides is 6. The van der Waals surface area contributed by atoms with Gasteiger partial charge in [0.15, 0.2) is 12.1 Å². The van der Waals surface area contributed by atoms with Gasteiger partial charge < -0.3 is 14.2 Å². The number of nitrogens with zero attached hydrogens (tertiary/aromatic N) is 3. The number of ketones is 1. The smallest absolute Gasteiger partial charge is 0.339 e. The fourth-order valence-electron chi connectivity index (χ4n) is 5.31. The van der Waals surface area contributed by atoms with Crippen molar-refractivity contribution in [2.24, 2.45) is 0 Å². The minimum absolute atomic E-state index is 0.0272. The minimum atomic E-state index is -5.30. The van der Waals surface area contributed by atoms with Gasteiger partial charge in [-0.05, 0) is 44.2 Å². The van der Waals surface area contributed by atoms with Crippen molar-refractivity contribution >= 4 is 23.3 Å². The molecule has 14 heteroatoms. The fourth-order valence-corrected chi connectivity index (χ4v) is 5.58. The van der Waals surface area contributed by atoms with Crippen LogP contribution in [0, 0.1) is 0 Å². The molecule has 1 amide bonds. The van der Waals surface area contributed by atoms with Crippen molar-refractivity contribution in [1.82, 2.24) is 14.4 Å². The van der Waals surface area contributed by atoms with Crippen molar-refractivity contribution in [3.8, 4) is 0 Å². The van der Waals surface area contributed by atoms with Crippen LogP contribution in [0.15, 0.2) is 30.3 Å². The topological polar surface area (TPSA) is 64.0 Å². The van der Waals surface area contributed by atoms with E-state index in [1.807, 2.05) is 23.7 Å². The molecule has 1 saturated heterocycles. The zero-order valence-electron chi connectivity index (χ0n) is 21.0. The first-order valence-corrected chi connectivity index (χ1v) is 12.4. The van der Waals surface area contributed by atoms with E-state index in [1.165, 1.54) is 13.0 Å². The van der Waals surface area contributed by atoms with E-state index in [4.69, 9.17) is 11.6 Å². The summed E-state index contributed by atoms with van der Waals surface area (Å²) in [7, 11) is 2.00.